The normalized spacial score (nSPS) is 13.9. The summed E-state index contributed by atoms with van der Waals surface area (Å²) < 4.78 is 2.32. The van der Waals surface area contributed by atoms with Gasteiger partial charge in [-0.2, -0.15) is 0 Å². The Morgan fingerprint density at radius 3 is 1.93 bits per heavy atom. The molecule has 0 unspecified atom stereocenters. The molecule has 2 aromatic heterocycles. The van der Waals surface area contributed by atoms with Gasteiger partial charge in [0.2, 0.25) is 0 Å². The van der Waals surface area contributed by atoms with Gasteiger partial charge < -0.3 is 0 Å². The Morgan fingerprint density at radius 2 is 1.12 bits per heavy atom. The first kappa shape index (κ1) is 21.9. The van der Waals surface area contributed by atoms with Gasteiger partial charge in [0.05, 0.1) is 11.0 Å². The monoisotopic (exact) mass is 510 g/mol. The summed E-state index contributed by atoms with van der Waals surface area (Å²) in [6.07, 6.45) is 1.88. The fraction of sp³-hybridized carbons (Fsp3) is 0.0789. The molecule has 0 saturated carbocycles. The van der Waals surface area contributed by atoms with Gasteiger partial charge in [-0.05, 0) is 97.0 Å². The Kier molecular flexibility index (Phi) is 4.15. The number of para-hydroxylation sites is 1. The third kappa shape index (κ3) is 2.70. The van der Waals surface area contributed by atoms with Crippen molar-refractivity contribution < 1.29 is 0 Å². The van der Waals surface area contributed by atoms with Gasteiger partial charge in [0.1, 0.15) is 5.82 Å². The molecule has 0 N–H and O–H groups in total. The second kappa shape index (κ2) is 7.58. The van der Waals surface area contributed by atoms with Crippen molar-refractivity contribution >= 4 is 54.1 Å². The highest BCUT2D eigenvalue weighted by Gasteiger charge is 2.35. The summed E-state index contributed by atoms with van der Waals surface area (Å²) in [5, 5.41) is 10.3. The van der Waals surface area contributed by atoms with Crippen LogP contribution in [0.15, 0.2) is 121 Å². The number of nitrogens with zero attached hydrogens (tertiary/aromatic N) is 2. The van der Waals surface area contributed by atoms with Crippen LogP contribution in [0.4, 0.5) is 0 Å². The SMILES string of the molecule is CC1(C)c2ccccc2-c2cc3c4ccccc4c4cc5c6ccccc6n(-c6ccccn6)c5cc4c3cc21. The molecule has 8 aromatic rings. The van der Waals surface area contributed by atoms with Crippen LogP contribution in [-0.4, -0.2) is 9.55 Å². The zero-order valence-corrected chi connectivity index (χ0v) is 22.4. The van der Waals surface area contributed by atoms with Crippen LogP contribution in [-0.2, 0) is 5.41 Å². The van der Waals surface area contributed by atoms with Crippen LogP contribution in [0.25, 0.3) is 71.1 Å². The molecule has 0 radical (unpaired) electrons. The molecule has 2 heteroatoms. The topological polar surface area (TPSA) is 17.8 Å². The summed E-state index contributed by atoms with van der Waals surface area (Å²) in [6, 6.07) is 42.4. The van der Waals surface area contributed by atoms with Crippen LogP contribution in [0.3, 0.4) is 0 Å². The van der Waals surface area contributed by atoms with Crippen molar-refractivity contribution in [2.75, 3.05) is 0 Å². The Labute approximate surface area is 232 Å². The maximum absolute atomic E-state index is 4.77. The Bertz CT molecular complexity index is 2340. The van der Waals surface area contributed by atoms with Crippen molar-refractivity contribution in [3.63, 3.8) is 0 Å². The lowest BCUT2D eigenvalue weighted by Gasteiger charge is -2.22. The van der Waals surface area contributed by atoms with E-state index in [-0.39, 0.29) is 5.41 Å². The standard InChI is InChI=1S/C38H26N2/c1-38(2)33-15-7-5-13-25(33)31-19-27-23-11-3-4-12-24(23)28-20-32-26-14-6-8-16-35(26)40(37-17-9-10-18-39-37)36(32)22-30(28)29(27)21-34(31)38/h3-22H,1-2H3. The molecule has 1 aliphatic rings. The predicted octanol–water partition coefficient (Wildman–Crippen LogP) is 9.94. The minimum Gasteiger partial charge on any atom is -0.294 e. The smallest absolute Gasteiger partial charge is 0.137 e. The zero-order valence-electron chi connectivity index (χ0n) is 22.4. The molecule has 1 aliphatic carbocycles. The highest BCUT2D eigenvalue weighted by atomic mass is 15.1. The Balaban J connectivity index is 1.50. The molecule has 0 spiro atoms. The molecule has 2 heterocycles. The maximum atomic E-state index is 4.77. The summed E-state index contributed by atoms with van der Waals surface area (Å²) in [5.41, 5.74) is 7.85. The van der Waals surface area contributed by atoms with Gasteiger partial charge in [0.15, 0.2) is 0 Å². The van der Waals surface area contributed by atoms with Crippen LogP contribution in [0.5, 0.6) is 0 Å². The van der Waals surface area contributed by atoms with Crippen LogP contribution in [0, 0.1) is 0 Å². The molecule has 40 heavy (non-hydrogen) atoms. The van der Waals surface area contributed by atoms with Crippen molar-refractivity contribution in [1.29, 1.82) is 0 Å². The van der Waals surface area contributed by atoms with Crippen LogP contribution < -0.4 is 0 Å². The lowest BCUT2D eigenvalue weighted by molar-refractivity contribution is 0.661. The number of rotatable bonds is 1. The van der Waals surface area contributed by atoms with E-state index in [0.717, 1.165) is 5.82 Å². The Hall–Kier alpha value is -4.95. The largest absolute Gasteiger partial charge is 0.294 e. The quantitative estimate of drug-likeness (QED) is 0.201. The van der Waals surface area contributed by atoms with Crippen molar-refractivity contribution in [3.05, 3.63) is 133 Å². The number of aromatic nitrogens is 2. The number of pyridine rings is 1. The average molecular weight is 511 g/mol. The van der Waals surface area contributed by atoms with Crippen molar-refractivity contribution in [1.82, 2.24) is 9.55 Å². The Morgan fingerprint density at radius 1 is 0.475 bits per heavy atom. The molecule has 0 atom stereocenters. The molecule has 0 bridgehead atoms. The lowest BCUT2D eigenvalue weighted by Crippen LogP contribution is -2.14. The van der Waals surface area contributed by atoms with Gasteiger partial charge in [-0.25, -0.2) is 4.98 Å². The van der Waals surface area contributed by atoms with Crippen LogP contribution in [0.1, 0.15) is 25.0 Å². The summed E-state index contributed by atoms with van der Waals surface area (Å²) >= 11 is 0. The van der Waals surface area contributed by atoms with Crippen molar-refractivity contribution in [2.24, 2.45) is 0 Å². The van der Waals surface area contributed by atoms with E-state index in [9.17, 15) is 0 Å². The fourth-order valence-corrected chi connectivity index (χ4v) is 7.34. The molecule has 6 aromatic carbocycles. The lowest BCUT2D eigenvalue weighted by atomic mass is 9.81. The van der Waals surface area contributed by atoms with Gasteiger partial charge in [0, 0.05) is 22.4 Å². The van der Waals surface area contributed by atoms with Crippen LogP contribution in [0.2, 0.25) is 0 Å². The molecule has 188 valence electrons. The molecule has 2 nitrogen and oxygen atoms in total. The second-order valence-electron chi connectivity index (χ2n) is 11.6. The zero-order chi connectivity index (χ0) is 26.6. The molecule has 0 amide bonds. The first-order chi connectivity index (χ1) is 19.6. The first-order valence-corrected chi connectivity index (χ1v) is 14.0. The summed E-state index contributed by atoms with van der Waals surface area (Å²) in [6.45, 7) is 4.73. The van der Waals surface area contributed by atoms with Gasteiger partial charge in [0.25, 0.3) is 0 Å². The van der Waals surface area contributed by atoms with E-state index >= 15 is 0 Å². The molecule has 0 saturated heterocycles. The third-order valence-electron chi connectivity index (χ3n) is 9.21. The number of hydrogen-bond donors (Lipinski definition) is 0. The van der Waals surface area contributed by atoms with Gasteiger partial charge in [-0.1, -0.05) is 86.6 Å². The molecule has 0 fully saturated rings. The van der Waals surface area contributed by atoms with E-state index in [1.54, 1.807) is 0 Å². The highest BCUT2D eigenvalue weighted by molar-refractivity contribution is 6.29. The highest BCUT2D eigenvalue weighted by Crippen LogP contribution is 2.51. The summed E-state index contributed by atoms with van der Waals surface area (Å²) in [7, 11) is 0. The van der Waals surface area contributed by atoms with Crippen molar-refractivity contribution in [3.8, 4) is 16.9 Å². The van der Waals surface area contributed by atoms with Gasteiger partial charge >= 0.3 is 0 Å². The number of hydrogen-bond acceptors (Lipinski definition) is 1. The third-order valence-corrected chi connectivity index (χ3v) is 9.21. The first-order valence-electron chi connectivity index (χ1n) is 14.0. The maximum Gasteiger partial charge on any atom is 0.137 e. The van der Waals surface area contributed by atoms with E-state index in [1.165, 1.54) is 76.4 Å². The fourth-order valence-electron chi connectivity index (χ4n) is 7.34. The number of benzene rings is 6. The molecule has 0 aliphatic heterocycles. The molecular weight excluding hydrogens is 484 g/mol. The minimum absolute atomic E-state index is 0.0506. The second-order valence-corrected chi connectivity index (χ2v) is 11.6. The van der Waals surface area contributed by atoms with E-state index in [0.29, 0.717) is 0 Å². The van der Waals surface area contributed by atoms with E-state index in [1.807, 2.05) is 12.3 Å². The summed E-state index contributed by atoms with van der Waals surface area (Å²) in [5.74, 6) is 0.940. The number of fused-ring (bicyclic) bond motifs is 12. The van der Waals surface area contributed by atoms with Gasteiger partial charge in [-0.15, -0.1) is 0 Å². The van der Waals surface area contributed by atoms with E-state index < -0.39 is 0 Å². The van der Waals surface area contributed by atoms with Crippen molar-refractivity contribution in [2.45, 2.75) is 19.3 Å². The molecular formula is C38H26N2. The minimum atomic E-state index is -0.0506. The molecule has 9 rings (SSSR count). The predicted molar refractivity (Wildman–Crippen MR) is 169 cm³/mol. The van der Waals surface area contributed by atoms with Crippen LogP contribution >= 0.6 is 0 Å². The summed E-state index contributed by atoms with van der Waals surface area (Å²) in [4.78, 5) is 4.77. The van der Waals surface area contributed by atoms with Gasteiger partial charge in [-0.3, -0.25) is 4.57 Å². The van der Waals surface area contributed by atoms with E-state index in [2.05, 4.69) is 128 Å². The van der Waals surface area contributed by atoms with E-state index in [4.69, 9.17) is 4.98 Å². The average Bonchev–Trinajstić information content (AvgIpc) is 3.44.